The van der Waals surface area contributed by atoms with Crippen molar-refractivity contribution in [3.63, 3.8) is 0 Å². The minimum absolute atomic E-state index is 0.0735. The van der Waals surface area contributed by atoms with E-state index in [-0.39, 0.29) is 31.1 Å². The van der Waals surface area contributed by atoms with Gasteiger partial charge in [-0.05, 0) is 70.6 Å². The Morgan fingerprint density at radius 2 is 0.534 bits per heavy atom. The molecule has 0 radical (unpaired) electrons. The highest BCUT2D eigenvalue weighted by Crippen LogP contribution is 2.17. The summed E-state index contributed by atoms with van der Waals surface area (Å²) in [5, 5.41) is 0. The van der Waals surface area contributed by atoms with Gasteiger partial charge in [0.15, 0.2) is 6.10 Å². The van der Waals surface area contributed by atoms with Gasteiger partial charge in [0.2, 0.25) is 0 Å². The van der Waals surface area contributed by atoms with Gasteiger partial charge < -0.3 is 14.2 Å². The van der Waals surface area contributed by atoms with Crippen molar-refractivity contribution in [1.82, 2.24) is 0 Å². The van der Waals surface area contributed by atoms with Gasteiger partial charge in [0.25, 0.3) is 0 Å². The molecule has 0 heterocycles. The van der Waals surface area contributed by atoms with Gasteiger partial charge in [0.1, 0.15) is 13.2 Å². The van der Waals surface area contributed by atoms with E-state index in [0.717, 1.165) is 103 Å². The molecule has 0 bridgehead atoms. The lowest BCUT2D eigenvalue weighted by Gasteiger charge is -2.18. The summed E-state index contributed by atoms with van der Waals surface area (Å²) in [6, 6.07) is 0. The number of hydrogen-bond acceptors (Lipinski definition) is 6. The van der Waals surface area contributed by atoms with Crippen LogP contribution in [-0.4, -0.2) is 37.2 Å². The lowest BCUT2D eigenvalue weighted by molar-refractivity contribution is -0.167. The standard InChI is InChI=1S/C67H118O6/c1-4-7-10-13-16-19-21-23-25-27-29-30-31-32-33-34-35-36-38-39-41-43-45-48-51-54-57-60-66(69)72-63-64(62-71-65(68)59-56-53-50-47-18-15-12-9-6-3)73-67(70)61-58-55-52-49-46-44-42-40-37-28-26-24-22-20-17-14-11-8-5-2/h7,10,16,19,23,25,29-30,32-33,35-36,64H,4-6,8-9,11-15,17-18,20-22,24,26-28,31,34,37-63H2,1-3H3/b10-7-,19-16-,25-23-,30-29-,33-32-,36-35-. The maximum atomic E-state index is 12.9. The molecular formula is C67H118O6. The van der Waals surface area contributed by atoms with Crippen LogP contribution in [0.1, 0.15) is 316 Å². The average molecular weight is 1020 g/mol. The van der Waals surface area contributed by atoms with E-state index in [0.29, 0.717) is 19.3 Å². The maximum Gasteiger partial charge on any atom is 0.306 e. The van der Waals surface area contributed by atoms with Crippen molar-refractivity contribution in [3.8, 4) is 0 Å². The van der Waals surface area contributed by atoms with E-state index in [9.17, 15) is 14.4 Å². The van der Waals surface area contributed by atoms with Crippen molar-refractivity contribution in [2.24, 2.45) is 0 Å². The molecule has 0 saturated heterocycles. The predicted molar refractivity (Wildman–Crippen MR) is 316 cm³/mol. The maximum absolute atomic E-state index is 12.9. The van der Waals surface area contributed by atoms with Crippen LogP contribution in [0.4, 0.5) is 0 Å². The van der Waals surface area contributed by atoms with Gasteiger partial charge in [-0.1, -0.05) is 299 Å². The van der Waals surface area contributed by atoms with E-state index in [4.69, 9.17) is 14.2 Å². The molecule has 0 saturated carbocycles. The Morgan fingerprint density at radius 3 is 0.836 bits per heavy atom. The molecule has 0 spiro atoms. The van der Waals surface area contributed by atoms with E-state index < -0.39 is 6.10 Å². The summed E-state index contributed by atoms with van der Waals surface area (Å²) in [5.41, 5.74) is 0. The van der Waals surface area contributed by atoms with Crippen LogP contribution < -0.4 is 0 Å². The van der Waals surface area contributed by atoms with Crippen LogP contribution in [0.25, 0.3) is 0 Å². The van der Waals surface area contributed by atoms with E-state index in [1.54, 1.807) is 0 Å². The van der Waals surface area contributed by atoms with Crippen molar-refractivity contribution in [2.45, 2.75) is 322 Å². The molecule has 6 nitrogen and oxygen atoms in total. The van der Waals surface area contributed by atoms with Crippen LogP contribution >= 0.6 is 0 Å². The monoisotopic (exact) mass is 1020 g/mol. The normalized spacial score (nSPS) is 12.5. The number of carbonyl (C=O) groups is 3. The van der Waals surface area contributed by atoms with Gasteiger partial charge in [0.05, 0.1) is 0 Å². The number of unbranched alkanes of at least 4 members (excludes halogenated alkanes) is 34. The minimum atomic E-state index is -0.775. The summed E-state index contributed by atoms with van der Waals surface area (Å²) in [5.74, 6) is -0.869. The first-order chi connectivity index (χ1) is 36.0. The van der Waals surface area contributed by atoms with Gasteiger partial charge in [-0.15, -0.1) is 0 Å². The van der Waals surface area contributed by atoms with Crippen molar-refractivity contribution in [2.75, 3.05) is 13.2 Å². The predicted octanol–water partition coefficient (Wildman–Crippen LogP) is 21.3. The van der Waals surface area contributed by atoms with Crippen molar-refractivity contribution in [3.05, 3.63) is 72.9 Å². The largest absolute Gasteiger partial charge is 0.462 e. The SMILES string of the molecule is CC/C=C\C/C=C\C/C=C\C/C=C\C/C=C\C/C=C\CCCCCCCCCCC(=O)OCC(COC(=O)CCCCCCCCCCC)OC(=O)CCCCCCCCCCCCCCCCCCCCC. The first-order valence-electron chi connectivity index (χ1n) is 31.4. The van der Waals surface area contributed by atoms with Crippen LogP contribution in [0.15, 0.2) is 72.9 Å². The molecule has 0 aromatic heterocycles. The summed E-state index contributed by atoms with van der Waals surface area (Å²) < 4.78 is 16.9. The van der Waals surface area contributed by atoms with Crippen LogP contribution in [0.2, 0.25) is 0 Å². The smallest absolute Gasteiger partial charge is 0.306 e. The number of hydrogen-bond donors (Lipinski definition) is 0. The summed E-state index contributed by atoms with van der Waals surface area (Å²) in [6.07, 6.45) is 79.1. The second-order valence-corrected chi connectivity index (χ2v) is 21.0. The highest BCUT2D eigenvalue weighted by Gasteiger charge is 2.19. The molecule has 0 aliphatic rings. The molecule has 6 heteroatoms. The summed E-state index contributed by atoms with van der Waals surface area (Å²) in [4.78, 5) is 38.2. The van der Waals surface area contributed by atoms with Gasteiger partial charge in [-0.3, -0.25) is 14.4 Å². The molecule has 0 aliphatic carbocycles. The van der Waals surface area contributed by atoms with Crippen LogP contribution in [0.5, 0.6) is 0 Å². The Bertz CT molecular complexity index is 1360. The van der Waals surface area contributed by atoms with Gasteiger partial charge in [-0.2, -0.15) is 0 Å². The molecule has 0 N–H and O–H groups in total. The second-order valence-electron chi connectivity index (χ2n) is 21.0. The second kappa shape index (κ2) is 61.4. The number of esters is 3. The van der Waals surface area contributed by atoms with E-state index in [1.165, 1.54) is 173 Å². The van der Waals surface area contributed by atoms with E-state index in [1.807, 2.05) is 0 Å². The lowest BCUT2D eigenvalue weighted by Crippen LogP contribution is -2.30. The van der Waals surface area contributed by atoms with Crippen molar-refractivity contribution < 1.29 is 28.6 Å². The van der Waals surface area contributed by atoms with Gasteiger partial charge in [-0.25, -0.2) is 0 Å². The number of allylic oxidation sites excluding steroid dienone is 12. The molecule has 73 heavy (non-hydrogen) atoms. The summed E-state index contributed by atoms with van der Waals surface area (Å²) in [7, 11) is 0. The first kappa shape index (κ1) is 69.8. The van der Waals surface area contributed by atoms with Gasteiger partial charge in [0, 0.05) is 19.3 Å². The third-order valence-corrected chi connectivity index (χ3v) is 13.7. The van der Waals surface area contributed by atoms with Gasteiger partial charge >= 0.3 is 17.9 Å². The minimum Gasteiger partial charge on any atom is -0.462 e. The molecule has 1 atom stereocenters. The van der Waals surface area contributed by atoms with Crippen molar-refractivity contribution in [1.29, 1.82) is 0 Å². The zero-order valence-electron chi connectivity index (χ0n) is 48.4. The average Bonchev–Trinajstić information content (AvgIpc) is 3.39. The number of ether oxygens (including phenoxy) is 3. The molecule has 0 aromatic carbocycles. The molecule has 422 valence electrons. The van der Waals surface area contributed by atoms with Crippen LogP contribution in [0, 0.1) is 0 Å². The fourth-order valence-electron chi connectivity index (χ4n) is 9.04. The quantitative estimate of drug-likeness (QED) is 0.0261. The third kappa shape index (κ3) is 59.6. The highest BCUT2D eigenvalue weighted by atomic mass is 16.6. The number of rotatable bonds is 57. The number of carbonyl (C=O) groups excluding carboxylic acids is 3. The molecule has 0 aromatic rings. The Hall–Kier alpha value is -3.15. The van der Waals surface area contributed by atoms with E-state index >= 15 is 0 Å². The van der Waals surface area contributed by atoms with Crippen LogP contribution in [0.3, 0.4) is 0 Å². The Morgan fingerprint density at radius 1 is 0.288 bits per heavy atom. The lowest BCUT2D eigenvalue weighted by atomic mass is 10.0. The molecule has 0 rings (SSSR count). The zero-order chi connectivity index (χ0) is 52.9. The molecule has 0 fully saturated rings. The Kier molecular flexibility index (Phi) is 58.7. The molecule has 1 unspecified atom stereocenters. The molecular weight excluding hydrogens is 901 g/mol. The summed E-state index contributed by atoms with van der Waals surface area (Å²) in [6.45, 7) is 6.54. The van der Waals surface area contributed by atoms with Crippen molar-refractivity contribution >= 4 is 17.9 Å². The fourth-order valence-corrected chi connectivity index (χ4v) is 9.04. The zero-order valence-corrected chi connectivity index (χ0v) is 48.4. The molecule has 0 amide bonds. The highest BCUT2D eigenvalue weighted by molar-refractivity contribution is 5.71. The first-order valence-corrected chi connectivity index (χ1v) is 31.4. The third-order valence-electron chi connectivity index (χ3n) is 13.7. The fraction of sp³-hybridized carbons (Fsp3) is 0.776. The Balaban J connectivity index is 4.22. The van der Waals surface area contributed by atoms with Crippen LogP contribution in [-0.2, 0) is 28.6 Å². The molecule has 0 aliphatic heterocycles. The Labute approximate surface area is 453 Å². The topological polar surface area (TPSA) is 78.9 Å². The van der Waals surface area contributed by atoms with E-state index in [2.05, 4.69) is 93.7 Å². The summed E-state index contributed by atoms with van der Waals surface area (Å²) >= 11 is 0.